The van der Waals surface area contributed by atoms with Gasteiger partial charge in [0.05, 0.1) is 12.7 Å². The fourth-order valence-electron chi connectivity index (χ4n) is 1.36. The highest BCUT2D eigenvalue weighted by atomic mass is 16.5. The Kier molecular flexibility index (Phi) is 5.29. The van der Waals surface area contributed by atoms with Crippen molar-refractivity contribution in [2.45, 2.75) is 32.4 Å². The minimum Gasteiger partial charge on any atom is -0.377 e. The number of hydrogen-bond donors (Lipinski definition) is 1. The standard InChI is InChI=1S/C12H20N2O/c1-10(2)15-9-12(13-3)8-11-4-6-14-7-5-11/h4-7,10,12-13H,8-9H2,1-3H3. The van der Waals surface area contributed by atoms with Gasteiger partial charge in [0.15, 0.2) is 0 Å². The van der Waals surface area contributed by atoms with Crippen molar-refractivity contribution in [2.24, 2.45) is 0 Å². The maximum Gasteiger partial charge on any atom is 0.0626 e. The van der Waals surface area contributed by atoms with Gasteiger partial charge in [-0.25, -0.2) is 0 Å². The van der Waals surface area contributed by atoms with E-state index in [0.29, 0.717) is 12.1 Å². The van der Waals surface area contributed by atoms with Crippen LogP contribution in [-0.4, -0.2) is 30.8 Å². The molecule has 0 aliphatic heterocycles. The van der Waals surface area contributed by atoms with Crippen LogP contribution in [-0.2, 0) is 11.2 Å². The first-order valence-corrected chi connectivity index (χ1v) is 5.40. The number of nitrogens with zero attached hydrogens (tertiary/aromatic N) is 1. The van der Waals surface area contributed by atoms with Gasteiger partial charge < -0.3 is 10.1 Å². The minimum absolute atomic E-state index is 0.290. The molecule has 1 rings (SSSR count). The van der Waals surface area contributed by atoms with Gasteiger partial charge in [0.1, 0.15) is 0 Å². The van der Waals surface area contributed by atoms with E-state index in [1.54, 1.807) is 0 Å². The Labute approximate surface area is 91.9 Å². The lowest BCUT2D eigenvalue weighted by Gasteiger charge is -2.17. The summed E-state index contributed by atoms with van der Waals surface area (Å²) in [5, 5.41) is 3.26. The molecule has 0 radical (unpaired) electrons. The van der Waals surface area contributed by atoms with Crippen molar-refractivity contribution in [3.63, 3.8) is 0 Å². The summed E-state index contributed by atoms with van der Waals surface area (Å²) in [5.41, 5.74) is 1.29. The Morgan fingerprint density at radius 2 is 2.00 bits per heavy atom. The third-order valence-corrected chi connectivity index (χ3v) is 2.27. The number of rotatable bonds is 6. The largest absolute Gasteiger partial charge is 0.377 e. The van der Waals surface area contributed by atoms with E-state index in [1.165, 1.54) is 5.56 Å². The molecule has 0 amide bonds. The van der Waals surface area contributed by atoms with Crippen LogP contribution < -0.4 is 5.32 Å². The number of aromatic nitrogens is 1. The van der Waals surface area contributed by atoms with Crippen molar-refractivity contribution in [1.29, 1.82) is 0 Å². The van der Waals surface area contributed by atoms with E-state index in [9.17, 15) is 0 Å². The van der Waals surface area contributed by atoms with Gasteiger partial charge in [-0.15, -0.1) is 0 Å². The van der Waals surface area contributed by atoms with E-state index in [1.807, 2.05) is 31.6 Å². The molecule has 0 fully saturated rings. The van der Waals surface area contributed by atoms with E-state index < -0.39 is 0 Å². The van der Waals surface area contributed by atoms with Gasteiger partial charge in [-0.2, -0.15) is 0 Å². The Morgan fingerprint density at radius 1 is 1.33 bits per heavy atom. The molecule has 1 atom stereocenters. The minimum atomic E-state index is 0.290. The van der Waals surface area contributed by atoms with Crippen molar-refractivity contribution in [2.75, 3.05) is 13.7 Å². The number of hydrogen-bond acceptors (Lipinski definition) is 3. The lowest BCUT2D eigenvalue weighted by molar-refractivity contribution is 0.0628. The molecule has 1 unspecified atom stereocenters. The molecular weight excluding hydrogens is 188 g/mol. The summed E-state index contributed by atoms with van der Waals surface area (Å²) in [5.74, 6) is 0. The Morgan fingerprint density at radius 3 is 2.53 bits per heavy atom. The van der Waals surface area contributed by atoms with E-state index >= 15 is 0 Å². The predicted octanol–water partition coefficient (Wildman–Crippen LogP) is 1.64. The molecule has 0 aliphatic carbocycles. The zero-order chi connectivity index (χ0) is 11.1. The third-order valence-electron chi connectivity index (χ3n) is 2.27. The van der Waals surface area contributed by atoms with Crippen LogP contribution in [0, 0.1) is 0 Å². The first-order chi connectivity index (χ1) is 7.22. The van der Waals surface area contributed by atoms with Gasteiger partial charge in [-0.05, 0) is 45.0 Å². The predicted molar refractivity (Wildman–Crippen MR) is 61.9 cm³/mol. The van der Waals surface area contributed by atoms with Crippen molar-refractivity contribution >= 4 is 0 Å². The highest BCUT2D eigenvalue weighted by Crippen LogP contribution is 2.02. The van der Waals surface area contributed by atoms with Crippen LogP contribution in [0.5, 0.6) is 0 Å². The second kappa shape index (κ2) is 6.53. The van der Waals surface area contributed by atoms with Crippen LogP contribution in [0.4, 0.5) is 0 Å². The molecule has 0 spiro atoms. The van der Waals surface area contributed by atoms with Crippen LogP contribution in [0.1, 0.15) is 19.4 Å². The smallest absolute Gasteiger partial charge is 0.0626 e. The van der Waals surface area contributed by atoms with Crippen molar-refractivity contribution in [3.8, 4) is 0 Å². The van der Waals surface area contributed by atoms with Gasteiger partial charge >= 0.3 is 0 Å². The fourth-order valence-corrected chi connectivity index (χ4v) is 1.36. The Bertz CT molecular complexity index is 262. The molecule has 0 saturated heterocycles. The fraction of sp³-hybridized carbons (Fsp3) is 0.583. The summed E-state index contributed by atoms with van der Waals surface area (Å²) in [7, 11) is 1.97. The topological polar surface area (TPSA) is 34.1 Å². The quantitative estimate of drug-likeness (QED) is 0.771. The molecule has 0 saturated carbocycles. The Hall–Kier alpha value is -0.930. The Balaban J connectivity index is 2.40. The van der Waals surface area contributed by atoms with Crippen LogP contribution in [0.15, 0.2) is 24.5 Å². The lowest BCUT2D eigenvalue weighted by atomic mass is 10.1. The number of ether oxygens (including phenoxy) is 1. The molecule has 1 aromatic rings. The van der Waals surface area contributed by atoms with E-state index in [-0.39, 0.29) is 0 Å². The maximum atomic E-state index is 5.59. The molecule has 1 heterocycles. The van der Waals surface area contributed by atoms with Gasteiger partial charge in [0.2, 0.25) is 0 Å². The molecule has 1 aromatic heterocycles. The SMILES string of the molecule is CNC(COC(C)C)Cc1ccncc1. The second-order valence-electron chi connectivity index (χ2n) is 3.93. The number of nitrogens with one attached hydrogen (secondary N) is 1. The second-order valence-corrected chi connectivity index (χ2v) is 3.93. The highest BCUT2D eigenvalue weighted by molar-refractivity contribution is 5.11. The van der Waals surface area contributed by atoms with Crippen LogP contribution in [0.3, 0.4) is 0 Å². The average Bonchev–Trinajstić information content (AvgIpc) is 2.25. The summed E-state index contributed by atoms with van der Waals surface area (Å²) < 4.78 is 5.59. The van der Waals surface area contributed by atoms with E-state index in [0.717, 1.165) is 13.0 Å². The van der Waals surface area contributed by atoms with Crippen LogP contribution in [0.2, 0.25) is 0 Å². The molecule has 3 heteroatoms. The van der Waals surface area contributed by atoms with E-state index in [4.69, 9.17) is 4.74 Å². The number of likely N-dealkylation sites (N-methyl/N-ethyl adjacent to an activating group) is 1. The summed E-state index contributed by atoms with van der Waals surface area (Å²) in [4.78, 5) is 4.00. The molecule has 15 heavy (non-hydrogen) atoms. The van der Waals surface area contributed by atoms with Crippen LogP contribution >= 0.6 is 0 Å². The van der Waals surface area contributed by atoms with Crippen molar-refractivity contribution < 1.29 is 4.74 Å². The maximum absolute atomic E-state index is 5.59. The van der Waals surface area contributed by atoms with Crippen molar-refractivity contribution in [3.05, 3.63) is 30.1 Å². The van der Waals surface area contributed by atoms with Gasteiger partial charge in [0.25, 0.3) is 0 Å². The average molecular weight is 208 g/mol. The summed E-state index contributed by atoms with van der Waals surface area (Å²) in [6.45, 7) is 4.86. The zero-order valence-electron chi connectivity index (χ0n) is 9.73. The zero-order valence-corrected chi connectivity index (χ0v) is 9.73. The van der Waals surface area contributed by atoms with Gasteiger partial charge in [-0.3, -0.25) is 4.98 Å². The lowest BCUT2D eigenvalue weighted by Crippen LogP contribution is -2.33. The molecule has 0 aromatic carbocycles. The molecule has 0 bridgehead atoms. The monoisotopic (exact) mass is 208 g/mol. The van der Waals surface area contributed by atoms with E-state index in [2.05, 4.69) is 24.1 Å². The summed E-state index contributed by atoms with van der Waals surface area (Å²) in [6, 6.07) is 4.45. The number of pyridine rings is 1. The molecule has 1 N–H and O–H groups in total. The first-order valence-electron chi connectivity index (χ1n) is 5.40. The van der Waals surface area contributed by atoms with Crippen molar-refractivity contribution in [1.82, 2.24) is 10.3 Å². The highest BCUT2D eigenvalue weighted by Gasteiger charge is 2.08. The third kappa shape index (κ3) is 4.91. The molecule has 84 valence electrons. The van der Waals surface area contributed by atoms with Crippen LogP contribution in [0.25, 0.3) is 0 Å². The molecule has 0 aliphatic rings. The van der Waals surface area contributed by atoms with Gasteiger partial charge in [0, 0.05) is 18.4 Å². The first kappa shape index (κ1) is 12.1. The molecular formula is C12H20N2O. The summed E-state index contributed by atoms with van der Waals surface area (Å²) in [6.07, 6.45) is 4.92. The van der Waals surface area contributed by atoms with Gasteiger partial charge in [-0.1, -0.05) is 0 Å². The summed E-state index contributed by atoms with van der Waals surface area (Å²) >= 11 is 0. The molecule has 3 nitrogen and oxygen atoms in total. The normalized spacial score (nSPS) is 13.1.